The van der Waals surface area contributed by atoms with Gasteiger partial charge in [-0.2, -0.15) is 0 Å². The molecule has 3 heteroatoms. The monoisotopic (exact) mass is 284 g/mol. The molecule has 0 bridgehead atoms. The van der Waals surface area contributed by atoms with E-state index in [0.717, 1.165) is 19.5 Å². The molecule has 112 valence electrons. The predicted octanol–water partition coefficient (Wildman–Crippen LogP) is 3.76. The van der Waals surface area contributed by atoms with Gasteiger partial charge in [0, 0.05) is 18.8 Å². The Hall–Kier alpha value is -1.87. The van der Waals surface area contributed by atoms with Crippen molar-refractivity contribution in [2.45, 2.75) is 32.7 Å². The maximum atomic E-state index is 5.55. The zero-order valence-electron chi connectivity index (χ0n) is 12.9. The van der Waals surface area contributed by atoms with Crippen LogP contribution in [0.15, 0.2) is 48.7 Å². The molecule has 0 spiro atoms. The third kappa shape index (κ3) is 5.56. The van der Waals surface area contributed by atoms with Gasteiger partial charge in [-0.05, 0) is 36.1 Å². The van der Waals surface area contributed by atoms with Crippen molar-refractivity contribution in [2.24, 2.45) is 0 Å². The van der Waals surface area contributed by atoms with Gasteiger partial charge in [-0.1, -0.05) is 44.2 Å². The molecule has 2 rings (SSSR count). The lowest BCUT2D eigenvalue weighted by Crippen LogP contribution is -2.17. The first-order valence-electron chi connectivity index (χ1n) is 7.59. The van der Waals surface area contributed by atoms with Gasteiger partial charge in [-0.3, -0.25) is 0 Å². The largest absolute Gasteiger partial charge is 0.478 e. The lowest BCUT2D eigenvalue weighted by molar-refractivity contribution is 0.296. The summed E-state index contributed by atoms with van der Waals surface area (Å²) in [5, 5.41) is 3.44. The van der Waals surface area contributed by atoms with Gasteiger partial charge in [-0.25, -0.2) is 4.98 Å². The molecule has 0 aliphatic heterocycles. The van der Waals surface area contributed by atoms with Gasteiger partial charge in [0.05, 0.1) is 6.61 Å². The second-order valence-electron chi connectivity index (χ2n) is 5.44. The molecule has 0 saturated heterocycles. The Balaban J connectivity index is 1.59. The van der Waals surface area contributed by atoms with E-state index in [9.17, 15) is 0 Å². The fourth-order valence-electron chi connectivity index (χ4n) is 2.06. The molecule has 2 aromatic rings. The van der Waals surface area contributed by atoms with Crippen LogP contribution in [0.25, 0.3) is 0 Å². The maximum Gasteiger partial charge on any atom is 0.213 e. The zero-order chi connectivity index (χ0) is 14.9. The number of hydrogen-bond acceptors (Lipinski definition) is 3. The van der Waals surface area contributed by atoms with Crippen molar-refractivity contribution in [1.82, 2.24) is 10.3 Å². The number of aromatic nitrogens is 1. The van der Waals surface area contributed by atoms with Crippen LogP contribution in [0.2, 0.25) is 0 Å². The highest BCUT2D eigenvalue weighted by Crippen LogP contribution is 2.14. The molecular formula is C18H24N2O. The Bertz CT molecular complexity index is 509. The topological polar surface area (TPSA) is 34.1 Å². The maximum absolute atomic E-state index is 5.55. The van der Waals surface area contributed by atoms with E-state index >= 15 is 0 Å². The summed E-state index contributed by atoms with van der Waals surface area (Å²) in [6.07, 6.45) is 2.72. The van der Waals surface area contributed by atoms with Gasteiger partial charge in [0.2, 0.25) is 5.88 Å². The van der Waals surface area contributed by atoms with Gasteiger partial charge in [0.25, 0.3) is 0 Å². The van der Waals surface area contributed by atoms with Crippen molar-refractivity contribution >= 4 is 0 Å². The van der Waals surface area contributed by atoms with E-state index in [0.29, 0.717) is 18.4 Å². The van der Waals surface area contributed by atoms with Crippen LogP contribution in [0.1, 0.15) is 37.3 Å². The second kappa shape index (κ2) is 8.42. The highest BCUT2D eigenvalue weighted by Gasteiger charge is 1.99. The summed E-state index contributed by atoms with van der Waals surface area (Å²) in [5.41, 5.74) is 2.72. The fraction of sp³-hybridized carbons (Fsp3) is 0.389. The molecule has 3 nitrogen and oxygen atoms in total. The molecule has 0 aliphatic carbocycles. The lowest BCUT2D eigenvalue weighted by Gasteiger charge is -2.08. The standard InChI is InChI=1S/C18H24N2O/c1-15(2)17-9-7-16(8-10-17)14-19-11-5-13-21-18-6-3-4-12-20-18/h3-4,6-10,12,15,19H,5,11,13-14H2,1-2H3. The van der Waals surface area contributed by atoms with Crippen molar-refractivity contribution in [3.8, 4) is 5.88 Å². The molecule has 1 heterocycles. The number of pyridine rings is 1. The highest BCUT2D eigenvalue weighted by atomic mass is 16.5. The minimum Gasteiger partial charge on any atom is -0.478 e. The van der Waals surface area contributed by atoms with Crippen LogP contribution >= 0.6 is 0 Å². The molecule has 0 radical (unpaired) electrons. The number of ether oxygens (including phenoxy) is 1. The summed E-state index contributed by atoms with van der Waals surface area (Å²) < 4.78 is 5.55. The first kappa shape index (κ1) is 15.5. The van der Waals surface area contributed by atoms with E-state index in [1.54, 1.807) is 6.20 Å². The third-order valence-corrected chi connectivity index (χ3v) is 3.36. The average molecular weight is 284 g/mol. The second-order valence-corrected chi connectivity index (χ2v) is 5.44. The number of nitrogens with one attached hydrogen (secondary N) is 1. The Morgan fingerprint density at radius 2 is 1.90 bits per heavy atom. The van der Waals surface area contributed by atoms with Crippen LogP contribution in [-0.2, 0) is 6.54 Å². The van der Waals surface area contributed by atoms with E-state index in [2.05, 4.69) is 48.4 Å². The van der Waals surface area contributed by atoms with Gasteiger partial charge in [0.1, 0.15) is 0 Å². The molecule has 1 aromatic heterocycles. The molecular weight excluding hydrogens is 260 g/mol. The number of rotatable bonds is 8. The van der Waals surface area contributed by atoms with Gasteiger partial charge in [0.15, 0.2) is 0 Å². The van der Waals surface area contributed by atoms with E-state index in [1.165, 1.54) is 11.1 Å². The van der Waals surface area contributed by atoms with Crippen molar-refractivity contribution < 1.29 is 4.74 Å². The van der Waals surface area contributed by atoms with Gasteiger partial charge < -0.3 is 10.1 Å². The molecule has 1 aromatic carbocycles. The third-order valence-electron chi connectivity index (χ3n) is 3.36. The van der Waals surface area contributed by atoms with Crippen LogP contribution in [0, 0.1) is 0 Å². The SMILES string of the molecule is CC(C)c1ccc(CNCCCOc2ccccn2)cc1. The summed E-state index contributed by atoms with van der Waals surface area (Å²) in [6, 6.07) is 14.5. The van der Waals surface area contributed by atoms with Crippen LogP contribution in [0.5, 0.6) is 5.88 Å². The van der Waals surface area contributed by atoms with Gasteiger partial charge in [-0.15, -0.1) is 0 Å². The van der Waals surface area contributed by atoms with Crippen molar-refractivity contribution in [3.63, 3.8) is 0 Å². The molecule has 0 unspecified atom stereocenters. The Labute approximate surface area is 127 Å². The summed E-state index contributed by atoms with van der Waals surface area (Å²) >= 11 is 0. The Kier molecular flexibility index (Phi) is 6.22. The summed E-state index contributed by atoms with van der Waals surface area (Å²) in [5.74, 6) is 1.29. The quantitative estimate of drug-likeness (QED) is 0.749. The summed E-state index contributed by atoms with van der Waals surface area (Å²) in [7, 11) is 0. The van der Waals surface area contributed by atoms with Crippen LogP contribution in [0.4, 0.5) is 0 Å². The number of hydrogen-bond donors (Lipinski definition) is 1. The highest BCUT2D eigenvalue weighted by molar-refractivity contribution is 5.24. The van der Waals surface area contributed by atoms with Gasteiger partial charge >= 0.3 is 0 Å². The van der Waals surface area contributed by atoms with Crippen molar-refractivity contribution in [1.29, 1.82) is 0 Å². The molecule has 0 aliphatic rings. The molecule has 1 N–H and O–H groups in total. The predicted molar refractivity (Wildman–Crippen MR) is 86.6 cm³/mol. The van der Waals surface area contributed by atoms with E-state index < -0.39 is 0 Å². The zero-order valence-corrected chi connectivity index (χ0v) is 12.9. The first-order valence-corrected chi connectivity index (χ1v) is 7.59. The van der Waals surface area contributed by atoms with E-state index in [-0.39, 0.29) is 0 Å². The normalized spacial score (nSPS) is 10.8. The Morgan fingerprint density at radius 3 is 2.57 bits per heavy atom. The molecule has 0 atom stereocenters. The van der Waals surface area contributed by atoms with Crippen LogP contribution in [0.3, 0.4) is 0 Å². The molecule has 0 amide bonds. The van der Waals surface area contributed by atoms with Crippen molar-refractivity contribution in [3.05, 3.63) is 59.8 Å². The van der Waals surface area contributed by atoms with Crippen LogP contribution < -0.4 is 10.1 Å². The minimum absolute atomic E-state index is 0.593. The number of benzene rings is 1. The lowest BCUT2D eigenvalue weighted by atomic mass is 10.0. The van der Waals surface area contributed by atoms with Crippen LogP contribution in [-0.4, -0.2) is 18.1 Å². The molecule has 0 saturated carbocycles. The number of nitrogens with zero attached hydrogens (tertiary/aromatic N) is 1. The van der Waals surface area contributed by atoms with Crippen molar-refractivity contribution in [2.75, 3.05) is 13.2 Å². The Morgan fingerprint density at radius 1 is 1.10 bits per heavy atom. The minimum atomic E-state index is 0.593. The van der Waals surface area contributed by atoms with E-state index in [4.69, 9.17) is 4.74 Å². The molecule has 0 fully saturated rings. The summed E-state index contributed by atoms with van der Waals surface area (Å²) in [4.78, 5) is 4.12. The summed E-state index contributed by atoms with van der Waals surface area (Å²) in [6.45, 7) is 6.97. The first-order chi connectivity index (χ1) is 10.3. The smallest absolute Gasteiger partial charge is 0.213 e. The van der Waals surface area contributed by atoms with E-state index in [1.807, 2.05) is 18.2 Å². The molecule has 21 heavy (non-hydrogen) atoms. The fourth-order valence-corrected chi connectivity index (χ4v) is 2.06. The average Bonchev–Trinajstić information content (AvgIpc) is 2.52.